The van der Waals surface area contributed by atoms with Gasteiger partial charge in [-0.3, -0.25) is 18.7 Å². The van der Waals surface area contributed by atoms with E-state index >= 15 is 0 Å². The Labute approximate surface area is 200 Å². The molecule has 4 rings (SSSR count). The lowest BCUT2D eigenvalue weighted by Crippen LogP contribution is -2.35. The number of hydrogen-bond donors (Lipinski definition) is 3. The lowest BCUT2D eigenvalue weighted by molar-refractivity contribution is -0.132. The van der Waals surface area contributed by atoms with E-state index in [-0.39, 0.29) is 10.1 Å². The van der Waals surface area contributed by atoms with Crippen molar-refractivity contribution in [3.63, 3.8) is 0 Å². The van der Waals surface area contributed by atoms with Gasteiger partial charge in [0, 0.05) is 30.5 Å². The maximum Gasteiger partial charge on any atom is 0.314 e. The summed E-state index contributed by atoms with van der Waals surface area (Å²) in [6.07, 6.45) is 1.40. The van der Waals surface area contributed by atoms with Crippen LogP contribution in [0.1, 0.15) is 18.9 Å². The van der Waals surface area contributed by atoms with Crippen LogP contribution >= 0.6 is 11.3 Å². The van der Waals surface area contributed by atoms with Crippen LogP contribution < -0.4 is 20.3 Å². The molecule has 3 amide bonds. The molecule has 1 aliphatic rings. The molecule has 0 aliphatic carbocycles. The van der Waals surface area contributed by atoms with Gasteiger partial charge in [-0.05, 0) is 66.2 Å². The van der Waals surface area contributed by atoms with E-state index < -0.39 is 21.8 Å². The van der Waals surface area contributed by atoms with E-state index in [1.165, 1.54) is 11.2 Å². The normalized spacial score (nSPS) is 13.0. The molecule has 0 fully saturated rings. The van der Waals surface area contributed by atoms with Crippen LogP contribution in [0.2, 0.25) is 0 Å². The second-order valence-corrected chi connectivity index (χ2v) is 10.7. The Morgan fingerprint density at radius 3 is 2.12 bits per heavy atom. The number of fused-ring (bicyclic) bond motifs is 1. The lowest BCUT2D eigenvalue weighted by atomic mass is 10.0. The number of carbonyl (C=O) groups excluding carboxylic acids is 3. The fraction of sp³-hybridized carbons (Fsp3) is 0.174. The number of sulfonamides is 1. The van der Waals surface area contributed by atoms with Gasteiger partial charge in [0.15, 0.2) is 0 Å². The van der Waals surface area contributed by atoms with Gasteiger partial charge < -0.3 is 16.0 Å². The molecular formula is C23H22N4O5S2. The minimum absolute atomic E-state index is 0.219. The Kier molecular flexibility index (Phi) is 6.66. The largest absolute Gasteiger partial charge is 0.326 e. The van der Waals surface area contributed by atoms with Crippen molar-refractivity contribution in [2.45, 2.75) is 24.0 Å². The van der Waals surface area contributed by atoms with Gasteiger partial charge in [-0.15, -0.1) is 11.3 Å². The van der Waals surface area contributed by atoms with Crippen LogP contribution in [0.3, 0.4) is 0 Å². The van der Waals surface area contributed by atoms with E-state index in [0.717, 1.165) is 23.3 Å². The van der Waals surface area contributed by atoms with Crippen molar-refractivity contribution in [2.24, 2.45) is 0 Å². The molecule has 0 atom stereocenters. The van der Waals surface area contributed by atoms with Crippen molar-refractivity contribution in [3.8, 4) is 0 Å². The minimum atomic E-state index is -3.71. The van der Waals surface area contributed by atoms with Crippen LogP contribution in [0.4, 0.5) is 22.7 Å². The molecule has 2 heterocycles. The minimum Gasteiger partial charge on any atom is -0.326 e. The fourth-order valence-corrected chi connectivity index (χ4v) is 6.24. The molecule has 9 nitrogen and oxygen atoms in total. The predicted octanol–water partition coefficient (Wildman–Crippen LogP) is 3.43. The van der Waals surface area contributed by atoms with Gasteiger partial charge in [0.1, 0.15) is 4.21 Å². The van der Waals surface area contributed by atoms with Crippen molar-refractivity contribution in [1.82, 2.24) is 0 Å². The highest BCUT2D eigenvalue weighted by Crippen LogP contribution is 2.35. The lowest BCUT2D eigenvalue weighted by Gasteiger charge is -2.30. The molecule has 3 aromatic rings. The first-order chi connectivity index (χ1) is 16.2. The van der Waals surface area contributed by atoms with E-state index in [9.17, 15) is 22.8 Å². The summed E-state index contributed by atoms with van der Waals surface area (Å²) in [5.74, 6) is -2.00. The average molecular weight is 499 g/mol. The molecule has 0 spiro atoms. The topological polar surface area (TPSA) is 125 Å². The van der Waals surface area contributed by atoms with Crippen LogP contribution in [0, 0.1) is 0 Å². The third-order valence-corrected chi connectivity index (χ3v) is 8.31. The van der Waals surface area contributed by atoms with E-state index in [1.54, 1.807) is 60.0 Å². The molecular weight excluding hydrogens is 476 g/mol. The van der Waals surface area contributed by atoms with E-state index in [1.807, 2.05) is 0 Å². The molecule has 176 valence electrons. The molecule has 3 N–H and O–H groups in total. The maximum absolute atomic E-state index is 13.1. The monoisotopic (exact) mass is 498 g/mol. The molecule has 0 bridgehead atoms. The first-order valence-electron chi connectivity index (χ1n) is 10.4. The molecule has 0 radical (unpaired) electrons. The summed E-state index contributed by atoms with van der Waals surface area (Å²) < 4.78 is 27.8. The molecule has 0 unspecified atom stereocenters. The summed E-state index contributed by atoms with van der Waals surface area (Å²) in [5.41, 5.74) is 2.60. The maximum atomic E-state index is 13.1. The number of nitrogens with one attached hydrogen (secondary N) is 3. The number of hydrogen-bond acceptors (Lipinski definition) is 6. The Hall–Kier alpha value is -3.70. The number of carbonyl (C=O) groups is 3. The SMILES string of the molecule is CC(=O)Nc1ccc(NC(=O)C(=O)Nc2ccc3c(c2)N(S(=O)(=O)c2cccs2)CCC3)cc1. The number of amides is 3. The Morgan fingerprint density at radius 2 is 1.50 bits per heavy atom. The zero-order valence-electron chi connectivity index (χ0n) is 18.2. The van der Waals surface area contributed by atoms with Crippen LogP contribution in [0.25, 0.3) is 0 Å². The summed E-state index contributed by atoms with van der Waals surface area (Å²) >= 11 is 1.15. The first kappa shape index (κ1) is 23.5. The van der Waals surface area contributed by atoms with Crippen molar-refractivity contribution < 1.29 is 22.8 Å². The summed E-state index contributed by atoms with van der Waals surface area (Å²) in [6.45, 7) is 1.72. The van der Waals surface area contributed by atoms with E-state index in [4.69, 9.17) is 0 Å². The second-order valence-electron chi connectivity index (χ2n) is 7.62. The van der Waals surface area contributed by atoms with Crippen molar-refractivity contribution in [2.75, 3.05) is 26.8 Å². The highest BCUT2D eigenvalue weighted by Gasteiger charge is 2.30. The third-order valence-electron chi connectivity index (χ3n) is 5.13. The molecule has 34 heavy (non-hydrogen) atoms. The molecule has 0 saturated heterocycles. The molecule has 1 aliphatic heterocycles. The van der Waals surface area contributed by atoms with Crippen LogP contribution in [-0.4, -0.2) is 32.7 Å². The van der Waals surface area contributed by atoms with Crippen LogP contribution in [0.15, 0.2) is 64.2 Å². The molecule has 1 aromatic heterocycles. The zero-order valence-corrected chi connectivity index (χ0v) is 19.8. The highest BCUT2D eigenvalue weighted by molar-refractivity contribution is 7.94. The van der Waals surface area contributed by atoms with Crippen LogP contribution in [0.5, 0.6) is 0 Å². The van der Waals surface area contributed by atoms with Crippen molar-refractivity contribution >= 4 is 61.8 Å². The number of nitrogens with zero attached hydrogens (tertiary/aromatic N) is 1. The van der Waals surface area contributed by atoms with Gasteiger partial charge >= 0.3 is 11.8 Å². The quantitative estimate of drug-likeness (QED) is 0.465. The van der Waals surface area contributed by atoms with E-state index in [0.29, 0.717) is 35.7 Å². The standard InChI is InChI=1S/C23H22N4O5S2/c1-15(28)24-17-8-10-18(11-9-17)25-22(29)23(30)26-19-7-6-16-4-2-12-27(20(16)14-19)34(31,32)21-5-3-13-33-21/h3,5-11,13-14H,2,4,12H2,1H3,(H,24,28)(H,25,29)(H,26,30). The van der Waals surface area contributed by atoms with Gasteiger partial charge in [-0.1, -0.05) is 12.1 Å². The Balaban J connectivity index is 1.48. The summed E-state index contributed by atoms with van der Waals surface area (Å²) in [4.78, 5) is 35.9. The molecule has 0 saturated carbocycles. The van der Waals surface area contributed by atoms with Crippen molar-refractivity contribution in [1.29, 1.82) is 0 Å². The fourth-order valence-electron chi connectivity index (χ4n) is 3.60. The van der Waals surface area contributed by atoms with Gasteiger partial charge in [0.05, 0.1) is 5.69 Å². The first-order valence-corrected chi connectivity index (χ1v) is 12.8. The number of rotatable bonds is 5. The summed E-state index contributed by atoms with van der Waals surface area (Å²) in [7, 11) is -3.71. The molecule has 2 aromatic carbocycles. The number of thiophene rings is 1. The molecule has 11 heteroatoms. The predicted molar refractivity (Wildman–Crippen MR) is 132 cm³/mol. The number of anilines is 4. The third kappa shape index (κ3) is 5.10. The Morgan fingerprint density at radius 1 is 0.882 bits per heavy atom. The van der Waals surface area contributed by atoms with E-state index in [2.05, 4.69) is 16.0 Å². The van der Waals surface area contributed by atoms with Crippen LogP contribution in [-0.2, 0) is 30.8 Å². The average Bonchev–Trinajstić information content (AvgIpc) is 3.35. The van der Waals surface area contributed by atoms with Gasteiger partial charge in [-0.25, -0.2) is 8.42 Å². The zero-order chi connectivity index (χ0) is 24.3. The number of aryl methyl sites for hydroxylation is 1. The Bertz CT molecular complexity index is 1340. The van der Waals surface area contributed by atoms with Gasteiger partial charge in [0.2, 0.25) is 5.91 Å². The summed E-state index contributed by atoms with van der Waals surface area (Å²) in [5, 5.41) is 9.34. The van der Waals surface area contributed by atoms with Crippen molar-refractivity contribution in [3.05, 3.63) is 65.5 Å². The van der Waals surface area contributed by atoms with Gasteiger partial charge in [-0.2, -0.15) is 0 Å². The highest BCUT2D eigenvalue weighted by atomic mass is 32.2. The smallest absolute Gasteiger partial charge is 0.314 e. The number of benzene rings is 2. The summed E-state index contributed by atoms with van der Waals surface area (Å²) in [6, 6.07) is 14.5. The second kappa shape index (κ2) is 9.65. The van der Waals surface area contributed by atoms with Gasteiger partial charge in [0.25, 0.3) is 10.0 Å².